The number of rotatable bonds is 2. The number of aliphatic imine (C=N–C) groups is 1. The summed E-state index contributed by atoms with van der Waals surface area (Å²) in [5, 5.41) is 0. The van der Waals surface area contributed by atoms with Gasteiger partial charge in [-0.05, 0) is 13.0 Å². The van der Waals surface area contributed by atoms with E-state index in [2.05, 4.69) is 11.6 Å². The molecular weight excluding hydrogens is 117 g/mol. The fourth-order valence-electron chi connectivity index (χ4n) is 0.451. The molecule has 2 heteroatoms. The van der Waals surface area contributed by atoms with E-state index in [0.29, 0.717) is 5.70 Å². The van der Waals surface area contributed by atoms with Crippen LogP contribution in [0.1, 0.15) is 13.8 Å². The van der Waals surface area contributed by atoms with Crippen molar-refractivity contribution in [3.8, 4) is 0 Å². The highest BCUT2D eigenvalue weighted by Gasteiger charge is 1.82. The van der Waals surface area contributed by atoms with E-state index in [0.717, 1.165) is 0 Å². The molecule has 0 spiro atoms. The predicted molar refractivity (Wildman–Crippen MR) is 38.2 cm³/mol. The molecule has 0 aliphatic rings. The number of hydrogen-bond donors (Lipinski definition) is 0. The summed E-state index contributed by atoms with van der Waals surface area (Å²) in [5.41, 5.74) is 0.630. The van der Waals surface area contributed by atoms with E-state index in [1.54, 1.807) is 19.1 Å². The molecule has 0 aliphatic carbocycles. The minimum atomic E-state index is -0.425. The lowest BCUT2D eigenvalue weighted by Gasteiger charge is -1.86. The Labute approximate surface area is 54.6 Å². The van der Waals surface area contributed by atoms with Crippen LogP contribution in [0.2, 0.25) is 0 Å². The van der Waals surface area contributed by atoms with Gasteiger partial charge in [0.25, 0.3) is 0 Å². The second-order valence-electron chi connectivity index (χ2n) is 1.65. The zero-order valence-electron chi connectivity index (χ0n) is 5.69. The minimum Gasteiger partial charge on any atom is -0.229 e. The Bertz CT molecular complexity index is 152. The molecule has 0 aromatic rings. The van der Waals surface area contributed by atoms with Gasteiger partial charge in [-0.25, -0.2) is 4.99 Å². The Kier molecular flexibility index (Phi) is 3.60. The molecule has 0 aliphatic heterocycles. The first kappa shape index (κ1) is 8.08. The maximum absolute atomic E-state index is 12.0. The van der Waals surface area contributed by atoms with Crippen molar-refractivity contribution in [1.82, 2.24) is 0 Å². The van der Waals surface area contributed by atoms with E-state index in [1.165, 1.54) is 6.92 Å². The van der Waals surface area contributed by atoms with Crippen molar-refractivity contribution in [2.45, 2.75) is 13.8 Å². The van der Waals surface area contributed by atoms with Gasteiger partial charge < -0.3 is 0 Å². The van der Waals surface area contributed by atoms with Crippen molar-refractivity contribution in [3.63, 3.8) is 0 Å². The van der Waals surface area contributed by atoms with Crippen LogP contribution in [-0.2, 0) is 0 Å². The van der Waals surface area contributed by atoms with Gasteiger partial charge in [-0.2, -0.15) is 4.39 Å². The lowest BCUT2D eigenvalue weighted by molar-refractivity contribution is 0.794. The van der Waals surface area contributed by atoms with Gasteiger partial charge in [0.15, 0.2) is 5.97 Å². The Morgan fingerprint density at radius 3 is 2.44 bits per heavy atom. The van der Waals surface area contributed by atoms with Gasteiger partial charge in [0.1, 0.15) is 0 Å². The highest BCUT2D eigenvalue weighted by molar-refractivity contribution is 5.72. The summed E-state index contributed by atoms with van der Waals surface area (Å²) in [6, 6.07) is 0. The summed E-state index contributed by atoms with van der Waals surface area (Å²) in [4.78, 5) is 3.51. The van der Waals surface area contributed by atoms with E-state index < -0.39 is 5.97 Å². The lowest BCUT2D eigenvalue weighted by atomic mass is 10.4. The summed E-state index contributed by atoms with van der Waals surface area (Å²) in [7, 11) is 0. The molecule has 0 N–H and O–H groups in total. The van der Waals surface area contributed by atoms with Crippen molar-refractivity contribution in [1.29, 1.82) is 0 Å². The quantitative estimate of drug-likeness (QED) is 0.399. The van der Waals surface area contributed by atoms with Gasteiger partial charge in [0.05, 0.1) is 0 Å². The van der Waals surface area contributed by atoms with Crippen molar-refractivity contribution in [2.75, 3.05) is 0 Å². The second kappa shape index (κ2) is 4.01. The van der Waals surface area contributed by atoms with Crippen molar-refractivity contribution in [3.05, 3.63) is 24.4 Å². The Morgan fingerprint density at radius 1 is 1.56 bits per heavy atom. The molecule has 1 nitrogen and oxygen atoms in total. The molecule has 0 radical (unpaired) electrons. The summed E-state index contributed by atoms with van der Waals surface area (Å²) in [6.07, 6.45) is 3.21. The van der Waals surface area contributed by atoms with Crippen LogP contribution in [0.3, 0.4) is 0 Å². The SMILES string of the molecule is C=C/C=C(/C)N=C(C)F. The maximum atomic E-state index is 12.0. The number of halogens is 1. The molecule has 0 atom stereocenters. The van der Waals surface area contributed by atoms with Gasteiger partial charge >= 0.3 is 0 Å². The van der Waals surface area contributed by atoms with Gasteiger partial charge in [-0.3, -0.25) is 0 Å². The first-order chi connectivity index (χ1) is 4.16. The minimum absolute atomic E-state index is 0.425. The predicted octanol–water partition coefficient (Wildman–Crippen LogP) is 2.46. The highest BCUT2D eigenvalue weighted by Crippen LogP contribution is 1.95. The van der Waals surface area contributed by atoms with Crippen LogP contribution in [0.4, 0.5) is 4.39 Å². The molecular formula is C7H10FN. The van der Waals surface area contributed by atoms with E-state index in [-0.39, 0.29) is 0 Å². The van der Waals surface area contributed by atoms with E-state index >= 15 is 0 Å². The monoisotopic (exact) mass is 127 g/mol. The molecule has 0 aromatic heterocycles. The van der Waals surface area contributed by atoms with Crippen molar-refractivity contribution >= 4 is 5.97 Å². The number of hydrogen-bond acceptors (Lipinski definition) is 1. The fraction of sp³-hybridized carbons (Fsp3) is 0.286. The first-order valence-electron chi connectivity index (χ1n) is 2.67. The molecule has 0 saturated heterocycles. The van der Waals surface area contributed by atoms with Gasteiger partial charge in [0.2, 0.25) is 0 Å². The third-order valence-electron chi connectivity index (χ3n) is 0.689. The molecule has 9 heavy (non-hydrogen) atoms. The third-order valence-corrected chi connectivity index (χ3v) is 0.689. The van der Waals surface area contributed by atoms with Crippen LogP contribution in [-0.4, -0.2) is 5.97 Å². The molecule has 0 saturated carbocycles. The van der Waals surface area contributed by atoms with Crippen LogP contribution >= 0.6 is 0 Å². The molecule has 0 heterocycles. The lowest BCUT2D eigenvalue weighted by Crippen LogP contribution is -1.77. The molecule has 0 fully saturated rings. The average Bonchev–Trinajstić information content (AvgIpc) is 1.63. The number of allylic oxidation sites excluding steroid dienone is 3. The standard InChI is InChI=1S/C7H10FN/c1-4-5-6(2)9-7(3)8/h4-5H,1H2,2-3H3/b6-5-,9-7?. The van der Waals surface area contributed by atoms with Gasteiger partial charge in [-0.15, -0.1) is 0 Å². The van der Waals surface area contributed by atoms with Gasteiger partial charge in [-0.1, -0.05) is 12.7 Å². The summed E-state index contributed by atoms with van der Waals surface area (Å²) in [5.74, 6) is -0.425. The van der Waals surface area contributed by atoms with E-state index in [1.807, 2.05) is 0 Å². The topological polar surface area (TPSA) is 12.4 Å². The molecule has 50 valence electrons. The summed E-state index contributed by atoms with van der Waals surface area (Å²) < 4.78 is 12.0. The largest absolute Gasteiger partial charge is 0.229 e. The fourth-order valence-corrected chi connectivity index (χ4v) is 0.451. The maximum Gasteiger partial charge on any atom is 0.186 e. The smallest absolute Gasteiger partial charge is 0.186 e. The zero-order valence-corrected chi connectivity index (χ0v) is 5.69. The van der Waals surface area contributed by atoms with Crippen molar-refractivity contribution < 1.29 is 4.39 Å². The summed E-state index contributed by atoms with van der Waals surface area (Å²) in [6.45, 7) is 6.46. The Morgan fingerprint density at radius 2 is 2.11 bits per heavy atom. The molecule has 0 unspecified atom stereocenters. The zero-order chi connectivity index (χ0) is 7.28. The molecule has 0 aromatic carbocycles. The van der Waals surface area contributed by atoms with Crippen LogP contribution in [0.15, 0.2) is 29.4 Å². The Hall–Kier alpha value is -0.920. The van der Waals surface area contributed by atoms with E-state index in [9.17, 15) is 4.39 Å². The van der Waals surface area contributed by atoms with Crippen LogP contribution < -0.4 is 0 Å². The summed E-state index contributed by atoms with van der Waals surface area (Å²) >= 11 is 0. The number of nitrogens with zero attached hydrogens (tertiary/aromatic N) is 1. The van der Waals surface area contributed by atoms with E-state index in [4.69, 9.17) is 0 Å². The average molecular weight is 127 g/mol. The van der Waals surface area contributed by atoms with Gasteiger partial charge in [0, 0.05) is 12.6 Å². The molecule has 0 amide bonds. The Balaban J connectivity index is 4.05. The second-order valence-corrected chi connectivity index (χ2v) is 1.65. The highest BCUT2D eigenvalue weighted by atomic mass is 19.1. The third kappa shape index (κ3) is 4.94. The van der Waals surface area contributed by atoms with Crippen LogP contribution in [0, 0.1) is 0 Å². The molecule has 0 bridgehead atoms. The van der Waals surface area contributed by atoms with Crippen molar-refractivity contribution in [2.24, 2.45) is 4.99 Å². The normalized spacial score (nSPS) is 13.7. The van der Waals surface area contributed by atoms with Crippen LogP contribution in [0.5, 0.6) is 0 Å². The van der Waals surface area contributed by atoms with Crippen LogP contribution in [0.25, 0.3) is 0 Å². The molecule has 0 rings (SSSR count). The first-order valence-corrected chi connectivity index (χ1v) is 2.67.